The summed E-state index contributed by atoms with van der Waals surface area (Å²) in [5, 5.41) is 2.76. The summed E-state index contributed by atoms with van der Waals surface area (Å²) in [6, 6.07) is 7.14. The molecule has 7 nitrogen and oxygen atoms in total. The maximum Gasteiger partial charge on any atom is 0.330 e. The molecule has 0 aliphatic carbocycles. The molecule has 2 amide bonds. The van der Waals surface area contributed by atoms with Crippen molar-refractivity contribution in [2.75, 3.05) is 35.7 Å². The van der Waals surface area contributed by atoms with Crippen molar-refractivity contribution in [3.8, 4) is 0 Å². The average molecular weight is 418 g/mol. The molecular formula is C21H27N3O4S. The molecule has 1 N–H and O–H groups in total. The number of carbonyl (C=O) groups is 3. The number of ether oxygens (including phenoxy) is 1. The van der Waals surface area contributed by atoms with Crippen molar-refractivity contribution in [1.82, 2.24) is 4.90 Å². The topological polar surface area (TPSA) is 78.9 Å². The number of piperidine rings is 1. The van der Waals surface area contributed by atoms with Crippen LogP contribution in [-0.4, -0.2) is 59.0 Å². The van der Waals surface area contributed by atoms with E-state index in [9.17, 15) is 14.4 Å². The Hall–Kier alpha value is -2.22. The first-order valence-corrected chi connectivity index (χ1v) is 11.2. The van der Waals surface area contributed by atoms with Crippen molar-refractivity contribution in [3.05, 3.63) is 24.3 Å². The van der Waals surface area contributed by atoms with E-state index in [1.54, 1.807) is 16.7 Å². The molecule has 0 aromatic heterocycles. The normalized spacial score (nSPS) is 26.4. The van der Waals surface area contributed by atoms with E-state index in [1.165, 1.54) is 19.3 Å². The number of hydrogen-bond acceptors (Lipinski definition) is 6. The summed E-state index contributed by atoms with van der Waals surface area (Å²) in [7, 11) is 0. The van der Waals surface area contributed by atoms with Crippen molar-refractivity contribution >= 4 is 40.9 Å². The van der Waals surface area contributed by atoms with Gasteiger partial charge in [-0.1, -0.05) is 0 Å². The number of esters is 1. The first kappa shape index (κ1) is 20.1. The number of anilines is 2. The summed E-state index contributed by atoms with van der Waals surface area (Å²) in [5.41, 5.74) is 1.83. The number of thioether (sulfide) groups is 1. The van der Waals surface area contributed by atoms with E-state index >= 15 is 0 Å². The highest BCUT2D eigenvalue weighted by molar-refractivity contribution is 8.01. The summed E-state index contributed by atoms with van der Waals surface area (Å²) in [5.74, 6) is -0.393. The van der Waals surface area contributed by atoms with Crippen LogP contribution in [0.4, 0.5) is 11.4 Å². The number of carbonyl (C=O) groups excluding carboxylic acids is 3. The Kier molecular flexibility index (Phi) is 5.72. The van der Waals surface area contributed by atoms with Gasteiger partial charge in [-0.3, -0.25) is 9.59 Å². The third-order valence-electron chi connectivity index (χ3n) is 5.93. The molecule has 3 aliphatic rings. The maximum absolute atomic E-state index is 12.4. The highest BCUT2D eigenvalue weighted by Gasteiger charge is 2.53. The smallest absolute Gasteiger partial charge is 0.330 e. The molecule has 0 saturated carbocycles. The first-order chi connectivity index (χ1) is 14.0. The van der Waals surface area contributed by atoms with Crippen LogP contribution in [0.5, 0.6) is 0 Å². The van der Waals surface area contributed by atoms with Crippen LogP contribution in [-0.2, 0) is 19.1 Å². The van der Waals surface area contributed by atoms with E-state index in [0.717, 1.165) is 25.2 Å². The molecule has 0 bridgehead atoms. The predicted molar refractivity (Wildman–Crippen MR) is 113 cm³/mol. The fourth-order valence-electron chi connectivity index (χ4n) is 4.33. The van der Waals surface area contributed by atoms with Crippen LogP contribution in [0.15, 0.2) is 24.3 Å². The average Bonchev–Trinajstić information content (AvgIpc) is 3.23. The summed E-state index contributed by atoms with van der Waals surface area (Å²) in [6.45, 7) is 3.77. The van der Waals surface area contributed by atoms with Crippen molar-refractivity contribution < 1.29 is 19.1 Å². The molecule has 8 heteroatoms. The monoisotopic (exact) mass is 417 g/mol. The molecule has 4 rings (SSSR count). The van der Waals surface area contributed by atoms with Gasteiger partial charge in [-0.25, -0.2) is 4.79 Å². The SMILES string of the molecule is C[C@@]12CCC(=O)N1[C@H](C(=O)OCC(=O)Nc1ccc(N3CCCCC3)cc1)CS2. The number of benzene rings is 1. The van der Waals surface area contributed by atoms with Gasteiger partial charge in [0.15, 0.2) is 6.61 Å². The molecule has 0 spiro atoms. The van der Waals surface area contributed by atoms with E-state index in [4.69, 9.17) is 4.74 Å². The second-order valence-corrected chi connectivity index (χ2v) is 9.52. The second kappa shape index (κ2) is 8.26. The molecular weight excluding hydrogens is 390 g/mol. The minimum absolute atomic E-state index is 0.0160. The first-order valence-electron chi connectivity index (χ1n) is 10.2. The predicted octanol–water partition coefficient (Wildman–Crippen LogP) is 2.61. The number of hydrogen-bond donors (Lipinski definition) is 1. The zero-order chi connectivity index (χ0) is 20.4. The number of nitrogens with one attached hydrogen (secondary N) is 1. The highest BCUT2D eigenvalue weighted by Crippen LogP contribution is 2.47. The lowest BCUT2D eigenvalue weighted by molar-refractivity contribution is -0.155. The van der Waals surface area contributed by atoms with Gasteiger partial charge < -0.3 is 19.9 Å². The van der Waals surface area contributed by atoms with Gasteiger partial charge in [0, 0.05) is 36.6 Å². The molecule has 156 valence electrons. The van der Waals surface area contributed by atoms with Gasteiger partial charge in [0.1, 0.15) is 6.04 Å². The van der Waals surface area contributed by atoms with Crippen LogP contribution in [0, 0.1) is 0 Å². The van der Waals surface area contributed by atoms with Gasteiger partial charge in [-0.15, -0.1) is 11.8 Å². The molecule has 0 radical (unpaired) electrons. The van der Waals surface area contributed by atoms with Gasteiger partial charge in [-0.05, 0) is 56.9 Å². The lowest BCUT2D eigenvalue weighted by Gasteiger charge is -2.29. The minimum Gasteiger partial charge on any atom is -0.454 e. The van der Waals surface area contributed by atoms with E-state index < -0.39 is 12.0 Å². The van der Waals surface area contributed by atoms with E-state index in [1.807, 2.05) is 31.2 Å². The van der Waals surface area contributed by atoms with Crippen molar-refractivity contribution in [3.63, 3.8) is 0 Å². The van der Waals surface area contributed by atoms with Gasteiger partial charge in [0.2, 0.25) is 5.91 Å². The zero-order valence-electron chi connectivity index (χ0n) is 16.7. The van der Waals surface area contributed by atoms with Crippen molar-refractivity contribution in [1.29, 1.82) is 0 Å². The van der Waals surface area contributed by atoms with Crippen LogP contribution in [0.1, 0.15) is 39.0 Å². The molecule has 29 heavy (non-hydrogen) atoms. The quantitative estimate of drug-likeness (QED) is 0.742. The number of fused-ring (bicyclic) bond motifs is 1. The Morgan fingerprint density at radius 2 is 1.93 bits per heavy atom. The molecule has 3 saturated heterocycles. The molecule has 0 unspecified atom stereocenters. The highest BCUT2D eigenvalue weighted by atomic mass is 32.2. The van der Waals surface area contributed by atoms with Crippen LogP contribution < -0.4 is 10.2 Å². The maximum atomic E-state index is 12.4. The van der Waals surface area contributed by atoms with Crippen LogP contribution >= 0.6 is 11.8 Å². The third kappa shape index (κ3) is 4.22. The van der Waals surface area contributed by atoms with Gasteiger partial charge in [0.05, 0.1) is 4.87 Å². The standard InChI is InChI=1S/C21H27N3O4S/c1-21-10-9-19(26)24(21)17(14-29-21)20(27)28-13-18(25)22-15-5-7-16(8-6-15)23-11-3-2-4-12-23/h5-8,17H,2-4,9-14H2,1H3,(H,22,25)/t17-,21+/m0/s1. The fourth-order valence-corrected chi connectivity index (χ4v) is 5.75. The minimum atomic E-state index is -0.600. The van der Waals surface area contributed by atoms with Crippen LogP contribution in [0.3, 0.4) is 0 Å². The van der Waals surface area contributed by atoms with Crippen molar-refractivity contribution in [2.45, 2.75) is 49.9 Å². The Morgan fingerprint density at radius 3 is 2.66 bits per heavy atom. The number of amides is 2. The van der Waals surface area contributed by atoms with Crippen molar-refractivity contribution in [2.24, 2.45) is 0 Å². The molecule has 1 aromatic rings. The summed E-state index contributed by atoms with van der Waals surface area (Å²) in [4.78, 5) is 40.4. The number of nitrogens with zero attached hydrogens (tertiary/aromatic N) is 2. The van der Waals surface area contributed by atoms with E-state index in [-0.39, 0.29) is 23.3 Å². The van der Waals surface area contributed by atoms with Gasteiger partial charge in [-0.2, -0.15) is 0 Å². The third-order valence-corrected chi connectivity index (χ3v) is 7.44. The largest absolute Gasteiger partial charge is 0.454 e. The van der Waals surface area contributed by atoms with Gasteiger partial charge in [0.25, 0.3) is 5.91 Å². The molecule has 1 aromatic carbocycles. The lowest BCUT2D eigenvalue weighted by Crippen LogP contribution is -2.47. The Balaban J connectivity index is 1.27. The summed E-state index contributed by atoms with van der Waals surface area (Å²) in [6.07, 6.45) is 4.92. The summed E-state index contributed by atoms with van der Waals surface area (Å²) < 4.78 is 5.21. The fraction of sp³-hybridized carbons (Fsp3) is 0.571. The Morgan fingerprint density at radius 1 is 1.21 bits per heavy atom. The van der Waals surface area contributed by atoms with Crippen LogP contribution in [0.2, 0.25) is 0 Å². The Bertz CT molecular complexity index is 794. The second-order valence-electron chi connectivity index (χ2n) is 8.02. The molecule has 3 aliphatic heterocycles. The molecule has 3 fully saturated rings. The molecule has 3 heterocycles. The van der Waals surface area contributed by atoms with E-state index in [0.29, 0.717) is 17.9 Å². The zero-order valence-corrected chi connectivity index (χ0v) is 17.5. The lowest BCUT2D eigenvalue weighted by atomic mass is 10.1. The van der Waals surface area contributed by atoms with Gasteiger partial charge >= 0.3 is 5.97 Å². The van der Waals surface area contributed by atoms with Crippen LogP contribution in [0.25, 0.3) is 0 Å². The Labute approximate surface area is 175 Å². The number of rotatable bonds is 5. The summed E-state index contributed by atoms with van der Waals surface area (Å²) >= 11 is 1.61. The van der Waals surface area contributed by atoms with E-state index in [2.05, 4.69) is 10.2 Å². The molecule has 2 atom stereocenters.